The van der Waals surface area contributed by atoms with Crippen LogP contribution >= 0.6 is 0 Å². The Balaban J connectivity index is 1.70. The number of hydrogen-bond donors (Lipinski definition) is 3. The first-order valence-electron chi connectivity index (χ1n) is 6.30. The molecule has 2 rings (SSSR count). The molecule has 0 unspecified atom stereocenters. The summed E-state index contributed by atoms with van der Waals surface area (Å²) in [4.78, 5) is 28.2. The van der Waals surface area contributed by atoms with Crippen molar-refractivity contribution in [2.45, 2.75) is 31.7 Å². The molecule has 1 fully saturated rings. The van der Waals surface area contributed by atoms with Crippen molar-refractivity contribution in [1.29, 1.82) is 0 Å². The van der Waals surface area contributed by atoms with Crippen LogP contribution in [-0.2, 0) is 11.2 Å². The number of carboxylic acids is 1. The fourth-order valence-electron chi connectivity index (χ4n) is 2.17. The zero-order valence-electron chi connectivity index (χ0n) is 10.5. The fraction of sp³-hybridized carbons (Fsp3) is 0.636. The topological polar surface area (TPSA) is 111 Å². The van der Waals surface area contributed by atoms with E-state index in [0.29, 0.717) is 25.9 Å². The van der Waals surface area contributed by atoms with Gasteiger partial charge in [-0.3, -0.25) is 5.10 Å². The van der Waals surface area contributed by atoms with Gasteiger partial charge in [0, 0.05) is 19.5 Å². The zero-order valence-corrected chi connectivity index (χ0v) is 10.5. The van der Waals surface area contributed by atoms with Gasteiger partial charge < -0.3 is 15.3 Å². The Labute approximate surface area is 110 Å². The lowest BCUT2D eigenvalue weighted by atomic mass is 10.2. The number of aromatic nitrogens is 3. The number of hydrogen-bond acceptors (Lipinski definition) is 4. The van der Waals surface area contributed by atoms with Crippen LogP contribution in [0.1, 0.15) is 25.1 Å². The third-order valence-electron chi connectivity index (χ3n) is 3.13. The number of carbonyl (C=O) groups is 2. The first-order valence-corrected chi connectivity index (χ1v) is 6.30. The molecule has 1 atom stereocenters. The van der Waals surface area contributed by atoms with Gasteiger partial charge in [-0.15, -0.1) is 0 Å². The first kappa shape index (κ1) is 13.3. The van der Waals surface area contributed by atoms with Crippen molar-refractivity contribution < 1.29 is 14.7 Å². The van der Waals surface area contributed by atoms with E-state index in [9.17, 15) is 9.59 Å². The number of nitrogens with one attached hydrogen (secondary N) is 2. The Morgan fingerprint density at radius 2 is 2.42 bits per heavy atom. The Bertz CT molecular complexity index is 434. The van der Waals surface area contributed by atoms with Crippen LogP contribution in [0.25, 0.3) is 0 Å². The number of H-pyrrole nitrogens is 1. The summed E-state index contributed by atoms with van der Waals surface area (Å²) in [6, 6.07) is -0.989. The van der Waals surface area contributed by atoms with Gasteiger partial charge in [0.15, 0.2) is 0 Å². The number of aromatic amines is 1. The Morgan fingerprint density at radius 3 is 3.11 bits per heavy atom. The minimum atomic E-state index is -0.936. The average Bonchev–Trinajstić information content (AvgIpc) is 3.04. The maximum absolute atomic E-state index is 11.8. The predicted molar refractivity (Wildman–Crippen MR) is 65.5 cm³/mol. The van der Waals surface area contributed by atoms with Crippen molar-refractivity contribution in [2.24, 2.45) is 0 Å². The number of urea groups is 1. The van der Waals surface area contributed by atoms with Gasteiger partial charge in [-0.05, 0) is 19.3 Å². The molecule has 0 aromatic carbocycles. The largest absolute Gasteiger partial charge is 0.480 e. The smallest absolute Gasteiger partial charge is 0.326 e. The molecule has 0 bridgehead atoms. The summed E-state index contributed by atoms with van der Waals surface area (Å²) < 4.78 is 0. The summed E-state index contributed by atoms with van der Waals surface area (Å²) in [6.45, 7) is 0.993. The Hall–Kier alpha value is -2.12. The molecule has 1 saturated heterocycles. The van der Waals surface area contributed by atoms with E-state index < -0.39 is 12.0 Å². The van der Waals surface area contributed by atoms with Gasteiger partial charge in [-0.25, -0.2) is 14.6 Å². The molecule has 0 aliphatic carbocycles. The molecular formula is C11H17N5O3. The van der Waals surface area contributed by atoms with E-state index in [1.165, 1.54) is 11.2 Å². The molecule has 3 N–H and O–H groups in total. The van der Waals surface area contributed by atoms with Crippen LogP contribution in [0.15, 0.2) is 6.33 Å². The second-order valence-electron chi connectivity index (χ2n) is 4.46. The molecule has 0 radical (unpaired) electrons. The van der Waals surface area contributed by atoms with Crippen molar-refractivity contribution >= 4 is 12.0 Å². The van der Waals surface area contributed by atoms with E-state index >= 15 is 0 Å². The lowest BCUT2D eigenvalue weighted by Gasteiger charge is -2.21. The molecule has 0 spiro atoms. The molecule has 19 heavy (non-hydrogen) atoms. The van der Waals surface area contributed by atoms with Crippen molar-refractivity contribution in [2.75, 3.05) is 13.1 Å². The van der Waals surface area contributed by atoms with Gasteiger partial charge >= 0.3 is 12.0 Å². The zero-order chi connectivity index (χ0) is 13.7. The van der Waals surface area contributed by atoms with Crippen LogP contribution in [0, 0.1) is 0 Å². The van der Waals surface area contributed by atoms with Crippen LogP contribution in [0.3, 0.4) is 0 Å². The van der Waals surface area contributed by atoms with Gasteiger partial charge in [0.1, 0.15) is 18.2 Å². The molecule has 8 nitrogen and oxygen atoms in total. The molecule has 1 aromatic rings. The average molecular weight is 267 g/mol. The van der Waals surface area contributed by atoms with E-state index in [1.807, 2.05) is 0 Å². The van der Waals surface area contributed by atoms with E-state index in [4.69, 9.17) is 5.11 Å². The summed E-state index contributed by atoms with van der Waals surface area (Å²) in [6.07, 6.45) is 4.13. The second-order valence-corrected chi connectivity index (χ2v) is 4.46. The van der Waals surface area contributed by atoms with Crippen molar-refractivity contribution in [1.82, 2.24) is 25.4 Å². The van der Waals surface area contributed by atoms with Gasteiger partial charge in [0.05, 0.1) is 0 Å². The highest BCUT2D eigenvalue weighted by molar-refractivity contribution is 5.83. The number of aliphatic carboxylic acids is 1. The van der Waals surface area contributed by atoms with E-state index in [0.717, 1.165) is 18.7 Å². The molecule has 104 valence electrons. The summed E-state index contributed by atoms with van der Waals surface area (Å²) >= 11 is 0. The molecule has 8 heteroatoms. The van der Waals surface area contributed by atoms with Crippen LogP contribution < -0.4 is 5.32 Å². The normalized spacial score (nSPS) is 18.5. The third kappa shape index (κ3) is 3.43. The highest BCUT2D eigenvalue weighted by Gasteiger charge is 2.33. The highest BCUT2D eigenvalue weighted by Crippen LogP contribution is 2.17. The molecule has 0 saturated carbocycles. The quantitative estimate of drug-likeness (QED) is 0.650. The van der Waals surface area contributed by atoms with E-state index in [-0.39, 0.29) is 6.03 Å². The number of nitrogens with zero attached hydrogens (tertiary/aromatic N) is 3. The van der Waals surface area contributed by atoms with E-state index in [2.05, 4.69) is 20.5 Å². The lowest BCUT2D eigenvalue weighted by Crippen LogP contribution is -2.46. The standard InChI is InChI=1S/C11H17N5O3/c17-10(18)8-3-2-6-16(8)11(19)12-5-1-4-9-13-7-14-15-9/h7-8H,1-6H2,(H,12,19)(H,17,18)(H,13,14,15)/t8-/m1/s1. The first-order chi connectivity index (χ1) is 9.18. The number of aryl methyl sites for hydroxylation is 1. The molecule has 1 aromatic heterocycles. The molecule has 1 aliphatic rings. The van der Waals surface area contributed by atoms with Gasteiger partial charge in [-0.2, -0.15) is 5.10 Å². The van der Waals surface area contributed by atoms with Crippen LogP contribution in [0.4, 0.5) is 4.79 Å². The maximum atomic E-state index is 11.8. The Morgan fingerprint density at radius 1 is 1.58 bits per heavy atom. The van der Waals surface area contributed by atoms with Crippen LogP contribution in [-0.4, -0.2) is 56.3 Å². The number of rotatable bonds is 5. The Kier molecular flexibility index (Phi) is 4.32. The maximum Gasteiger partial charge on any atom is 0.326 e. The number of carboxylic acid groups (broad SMARTS) is 1. The highest BCUT2D eigenvalue weighted by atomic mass is 16.4. The second kappa shape index (κ2) is 6.17. The lowest BCUT2D eigenvalue weighted by molar-refractivity contribution is -0.141. The summed E-state index contributed by atoms with van der Waals surface area (Å²) in [5, 5.41) is 18.2. The summed E-state index contributed by atoms with van der Waals surface area (Å²) in [5.74, 6) is -0.159. The third-order valence-corrected chi connectivity index (χ3v) is 3.13. The molecule has 2 heterocycles. The van der Waals surface area contributed by atoms with E-state index in [1.54, 1.807) is 0 Å². The van der Waals surface area contributed by atoms with Crippen molar-refractivity contribution in [3.05, 3.63) is 12.2 Å². The van der Waals surface area contributed by atoms with Gasteiger partial charge in [0.2, 0.25) is 0 Å². The number of carbonyl (C=O) groups excluding carboxylic acids is 1. The fourth-order valence-corrected chi connectivity index (χ4v) is 2.17. The predicted octanol–water partition coefficient (Wildman–Crippen LogP) is -0.00410. The summed E-state index contributed by atoms with van der Waals surface area (Å²) in [5.41, 5.74) is 0. The molecule has 1 aliphatic heterocycles. The van der Waals surface area contributed by atoms with Gasteiger partial charge in [-0.1, -0.05) is 0 Å². The van der Waals surface area contributed by atoms with Crippen molar-refractivity contribution in [3.63, 3.8) is 0 Å². The number of likely N-dealkylation sites (tertiary alicyclic amines) is 1. The number of amides is 2. The monoisotopic (exact) mass is 267 g/mol. The SMILES string of the molecule is O=C(O)[C@H]1CCCN1C(=O)NCCCc1ncn[nH]1. The summed E-state index contributed by atoms with van der Waals surface area (Å²) in [7, 11) is 0. The molecular weight excluding hydrogens is 250 g/mol. The minimum absolute atomic E-state index is 0.303. The molecule has 2 amide bonds. The van der Waals surface area contributed by atoms with Gasteiger partial charge in [0.25, 0.3) is 0 Å². The van der Waals surface area contributed by atoms with Crippen LogP contribution in [0.5, 0.6) is 0 Å². The minimum Gasteiger partial charge on any atom is -0.480 e. The van der Waals surface area contributed by atoms with Crippen LogP contribution in [0.2, 0.25) is 0 Å². The van der Waals surface area contributed by atoms with Crippen molar-refractivity contribution in [3.8, 4) is 0 Å².